The third-order valence-corrected chi connectivity index (χ3v) is 7.71. The molecule has 6 heteroatoms. The van der Waals surface area contributed by atoms with Gasteiger partial charge in [0.2, 0.25) is 0 Å². The van der Waals surface area contributed by atoms with Gasteiger partial charge in [-0.1, -0.05) is 29.8 Å². The number of hydrogen-bond donors (Lipinski definition) is 2. The van der Waals surface area contributed by atoms with Crippen molar-refractivity contribution in [2.24, 2.45) is 0 Å². The van der Waals surface area contributed by atoms with E-state index < -0.39 is 0 Å². The molecule has 0 saturated carbocycles. The van der Waals surface area contributed by atoms with Crippen molar-refractivity contribution in [3.05, 3.63) is 58.7 Å². The second-order valence-corrected chi connectivity index (χ2v) is 10.1. The molecule has 2 saturated heterocycles. The topological polar surface area (TPSA) is 51.6 Å². The van der Waals surface area contributed by atoms with Crippen LogP contribution in [0.3, 0.4) is 0 Å². The van der Waals surface area contributed by atoms with Gasteiger partial charge in [-0.15, -0.1) is 0 Å². The normalized spacial score (nSPS) is 21.8. The van der Waals surface area contributed by atoms with Gasteiger partial charge in [-0.25, -0.2) is 0 Å². The second-order valence-electron chi connectivity index (χ2n) is 9.68. The van der Waals surface area contributed by atoms with E-state index in [1.807, 2.05) is 30.3 Å². The first-order valence-corrected chi connectivity index (χ1v) is 12.5. The highest BCUT2D eigenvalue weighted by molar-refractivity contribution is 6.34. The van der Waals surface area contributed by atoms with Crippen LogP contribution in [0.15, 0.2) is 42.6 Å². The Morgan fingerprint density at radius 3 is 2.33 bits per heavy atom. The average Bonchev–Trinajstić information content (AvgIpc) is 3.40. The van der Waals surface area contributed by atoms with Crippen molar-refractivity contribution >= 4 is 33.9 Å². The lowest BCUT2D eigenvalue weighted by atomic mass is 10.0. The van der Waals surface area contributed by atoms with E-state index in [0.717, 1.165) is 59.6 Å². The third-order valence-electron chi connectivity index (χ3n) is 7.42. The summed E-state index contributed by atoms with van der Waals surface area (Å²) in [6, 6.07) is 13.2. The van der Waals surface area contributed by atoms with Gasteiger partial charge in [0.25, 0.3) is 0 Å². The highest BCUT2D eigenvalue weighted by Gasteiger charge is 2.25. The van der Waals surface area contributed by atoms with Gasteiger partial charge in [0, 0.05) is 48.0 Å². The smallest absolute Gasteiger partial charge is 0.120 e. The van der Waals surface area contributed by atoms with Gasteiger partial charge in [-0.3, -0.25) is 14.8 Å². The standard InChI is InChI=1S/C27H33ClN4O/c1-18-7-5-11-31(18)16-20-14-26(33)21(17-32-12-6-8-19(32)2)13-25(20)30-27-22-9-3-4-10-24(22)29-15-23(27)28/h3-4,9-10,13-15,18-19,33H,5-8,11-12,16-17H2,1-2H3,(H,29,30). The summed E-state index contributed by atoms with van der Waals surface area (Å²) in [5.41, 5.74) is 4.83. The van der Waals surface area contributed by atoms with Crippen LogP contribution in [0.5, 0.6) is 5.75 Å². The van der Waals surface area contributed by atoms with Gasteiger partial charge in [0.05, 0.1) is 16.2 Å². The fraction of sp³-hybridized carbons (Fsp3) is 0.444. The number of halogens is 1. The van der Waals surface area contributed by atoms with Crippen LogP contribution in [0.4, 0.5) is 11.4 Å². The number of likely N-dealkylation sites (tertiary alicyclic amines) is 2. The highest BCUT2D eigenvalue weighted by atomic mass is 35.5. The Morgan fingerprint density at radius 2 is 1.67 bits per heavy atom. The number of nitrogens with one attached hydrogen (secondary N) is 1. The van der Waals surface area contributed by atoms with E-state index in [9.17, 15) is 5.11 Å². The van der Waals surface area contributed by atoms with Crippen molar-refractivity contribution in [1.82, 2.24) is 14.8 Å². The number of aromatic nitrogens is 1. The van der Waals surface area contributed by atoms with Crippen molar-refractivity contribution in [1.29, 1.82) is 0 Å². The monoisotopic (exact) mass is 464 g/mol. The minimum absolute atomic E-state index is 0.382. The maximum Gasteiger partial charge on any atom is 0.120 e. The molecule has 0 spiro atoms. The van der Waals surface area contributed by atoms with Gasteiger partial charge in [0.15, 0.2) is 0 Å². The van der Waals surface area contributed by atoms with Crippen LogP contribution in [0.2, 0.25) is 5.02 Å². The molecule has 0 amide bonds. The van der Waals surface area contributed by atoms with Crippen LogP contribution < -0.4 is 5.32 Å². The van der Waals surface area contributed by atoms with E-state index in [1.54, 1.807) is 6.20 Å². The molecule has 2 atom stereocenters. The van der Waals surface area contributed by atoms with Crippen molar-refractivity contribution in [2.75, 3.05) is 18.4 Å². The lowest BCUT2D eigenvalue weighted by molar-refractivity contribution is 0.255. The summed E-state index contributed by atoms with van der Waals surface area (Å²) in [6.07, 6.45) is 6.59. The minimum atomic E-state index is 0.382. The first-order valence-electron chi connectivity index (χ1n) is 12.1. The summed E-state index contributed by atoms with van der Waals surface area (Å²) in [4.78, 5) is 9.43. The van der Waals surface area contributed by atoms with Crippen LogP contribution >= 0.6 is 11.6 Å². The summed E-state index contributed by atoms with van der Waals surface area (Å²) in [5.74, 6) is 0.382. The molecule has 2 aliphatic rings. The predicted octanol–water partition coefficient (Wildman–Crippen LogP) is 6.31. The molecular formula is C27H33ClN4O. The Morgan fingerprint density at radius 1 is 1.00 bits per heavy atom. The van der Waals surface area contributed by atoms with Crippen LogP contribution in [-0.2, 0) is 13.1 Å². The van der Waals surface area contributed by atoms with Gasteiger partial charge in [-0.2, -0.15) is 0 Å². The molecule has 0 bridgehead atoms. The average molecular weight is 465 g/mol. The number of rotatable bonds is 6. The Balaban J connectivity index is 1.54. The molecule has 3 aromatic rings. The number of fused-ring (bicyclic) bond motifs is 1. The highest BCUT2D eigenvalue weighted by Crippen LogP contribution is 2.37. The molecule has 33 heavy (non-hydrogen) atoms. The van der Waals surface area contributed by atoms with Gasteiger partial charge in [-0.05, 0) is 76.4 Å². The number of para-hydroxylation sites is 1. The third kappa shape index (κ3) is 4.68. The molecule has 5 nitrogen and oxygen atoms in total. The lowest BCUT2D eigenvalue weighted by Crippen LogP contribution is -2.27. The van der Waals surface area contributed by atoms with Crippen molar-refractivity contribution < 1.29 is 5.11 Å². The molecular weight excluding hydrogens is 432 g/mol. The molecule has 2 N–H and O–H groups in total. The number of aromatic hydroxyl groups is 1. The van der Waals surface area contributed by atoms with Crippen molar-refractivity contribution in [2.45, 2.75) is 64.7 Å². The number of anilines is 2. The van der Waals surface area contributed by atoms with E-state index >= 15 is 0 Å². The van der Waals surface area contributed by atoms with Crippen LogP contribution in [0, 0.1) is 0 Å². The second kappa shape index (κ2) is 9.49. The molecule has 2 fully saturated rings. The maximum atomic E-state index is 11.0. The van der Waals surface area contributed by atoms with Crippen LogP contribution in [0.1, 0.15) is 50.7 Å². The van der Waals surface area contributed by atoms with E-state index in [2.05, 4.69) is 40.0 Å². The van der Waals surface area contributed by atoms with Gasteiger partial charge < -0.3 is 10.4 Å². The van der Waals surface area contributed by atoms with Gasteiger partial charge in [0.1, 0.15) is 5.75 Å². The molecule has 0 aliphatic carbocycles. The zero-order chi connectivity index (χ0) is 22.9. The maximum absolute atomic E-state index is 11.0. The van der Waals surface area contributed by atoms with E-state index in [0.29, 0.717) is 22.9 Å². The molecule has 2 aromatic carbocycles. The van der Waals surface area contributed by atoms with E-state index in [4.69, 9.17) is 11.6 Å². The molecule has 5 rings (SSSR count). The quantitative estimate of drug-likeness (QED) is 0.419. The zero-order valence-corrected chi connectivity index (χ0v) is 20.3. The van der Waals surface area contributed by atoms with E-state index in [-0.39, 0.29) is 0 Å². The minimum Gasteiger partial charge on any atom is -0.508 e. The first kappa shape index (κ1) is 22.5. The number of benzene rings is 2. The number of hydrogen-bond acceptors (Lipinski definition) is 5. The van der Waals surface area contributed by atoms with Crippen LogP contribution in [-0.4, -0.2) is 45.1 Å². The van der Waals surface area contributed by atoms with Gasteiger partial charge >= 0.3 is 0 Å². The molecule has 174 valence electrons. The molecule has 2 unspecified atom stereocenters. The molecule has 1 aromatic heterocycles. The van der Waals surface area contributed by atoms with Crippen molar-refractivity contribution in [3.63, 3.8) is 0 Å². The molecule has 3 heterocycles. The summed E-state index contributed by atoms with van der Waals surface area (Å²) in [6.45, 7) is 8.29. The van der Waals surface area contributed by atoms with Crippen molar-refractivity contribution in [3.8, 4) is 5.75 Å². The number of nitrogens with zero attached hydrogens (tertiary/aromatic N) is 3. The predicted molar refractivity (Wildman–Crippen MR) is 136 cm³/mol. The number of phenolic OH excluding ortho intramolecular Hbond substituents is 1. The SMILES string of the molecule is CC1CCCN1Cc1cc(Nc2c(Cl)cnc3ccccc23)c(CN2CCCC2C)cc1O. The fourth-order valence-electron chi connectivity index (χ4n) is 5.32. The Kier molecular flexibility index (Phi) is 6.46. The number of phenols is 1. The summed E-state index contributed by atoms with van der Waals surface area (Å²) in [7, 11) is 0. The molecule has 0 radical (unpaired) electrons. The fourth-order valence-corrected chi connectivity index (χ4v) is 5.52. The summed E-state index contributed by atoms with van der Waals surface area (Å²) < 4.78 is 0. The Bertz CT molecular complexity index is 1150. The largest absolute Gasteiger partial charge is 0.508 e. The van der Waals surface area contributed by atoms with Crippen LogP contribution in [0.25, 0.3) is 10.9 Å². The lowest BCUT2D eigenvalue weighted by Gasteiger charge is -2.26. The summed E-state index contributed by atoms with van der Waals surface area (Å²) >= 11 is 6.63. The molecule has 2 aliphatic heterocycles. The number of pyridine rings is 1. The first-order chi connectivity index (χ1) is 16.0. The Hall–Kier alpha value is -2.34. The Labute approximate surface area is 201 Å². The van der Waals surface area contributed by atoms with E-state index in [1.165, 1.54) is 25.7 Å². The summed E-state index contributed by atoms with van der Waals surface area (Å²) in [5, 5.41) is 16.2. The zero-order valence-electron chi connectivity index (χ0n) is 19.5.